The highest BCUT2D eigenvalue weighted by atomic mass is 14.1. The Morgan fingerprint density at radius 1 is 0.833 bits per heavy atom. The van der Waals surface area contributed by atoms with Gasteiger partial charge in [-0.25, -0.2) is 0 Å². The van der Waals surface area contributed by atoms with Crippen molar-refractivity contribution < 1.29 is 0 Å². The van der Waals surface area contributed by atoms with E-state index in [1.165, 1.54) is 27.8 Å². The lowest BCUT2D eigenvalue weighted by molar-refractivity contribution is 0.851. The van der Waals surface area contributed by atoms with Gasteiger partial charge in [0, 0.05) is 0 Å². The lowest BCUT2D eigenvalue weighted by Crippen LogP contribution is -2.00. The fourth-order valence-electron chi connectivity index (χ4n) is 2.53. The molecule has 0 aromatic heterocycles. The molecule has 0 bridgehead atoms. The maximum Gasteiger partial charge on any atom is -0.00230 e. The molecule has 0 nitrogen and oxygen atoms in total. The summed E-state index contributed by atoms with van der Waals surface area (Å²) < 4.78 is 0. The normalized spacial score (nSPS) is 10.9. The van der Waals surface area contributed by atoms with Crippen molar-refractivity contribution in [2.24, 2.45) is 0 Å². The molecule has 18 heavy (non-hydrogen) atoms. The van der Waals surface area contributed by atoms with E-state index in [9.17, 15) is 0 Å². The maximum atomic E-state index is 2.30. The number of rotatable bonds is 3. The molecule has 2 aromatic carbocycles. The van der Waals surface area contributed by atoms with Crippen LogP contribution in [0.2, 0.25) is 0 Å². The van der Waals surface area contributed by atoms with Crippen LogP contribution in [-0.4, -0.2) is 0 Å². The predicted octanol–water partition coefficient (Wildman–Crippen LogP) is 5.02. The lowest BCUT2D eigenvalue weighted by atomic mass is 9.90. The van der Waals surface area contributed by atoms with Gasteiger partial charge in [-0.2, -0.15) is 0 Å². The third-order valence-corrected chi connectivity index (χ3v) is 3.80. The lowest BCUT2D eigenvalue weighted by Gasteiger charge is -2.16. The second kappa shape index (κ2) is 5.39. The molecule has 0 fully saturated rings. The van der Waals surface area contributed by atoms with Crippen LogP contribution in [0, 0.1) is 13.8 Å². The molecule has 0 amide bonds. The van der Waals surface area contributed by atoms with Crippen LogP contribution in [0.25, 0.3) is 0 Å². The SMILES string of the molecule is Cc1c(Cc2ccccc2)ccc(C(C)C)c1C. The Bertz CT molecular complexity index is 521. The maximum absolute atomic E-state index is 2.30. The molecule has 0 saturated heterocycles. The zero-order chi connectivity index (χ0) is 13.1. The zero-order valence-electron chi connectivity index (χ0n) is 11.8. The summed E-state index contributed by atoms with van der Waals surface area (Å²) in [5.41, 5.74) is 7.22. The highest BCUT2D eigenvalue weighted by Gasteiger charge is 2.09. The van der Waals surface area contributed by atoms with Crippen LogP contribution in [0.15, 0.2) is 42.5 Å². The van der Waals surface area contributed by atoms with Gasteiger partial charge in [-0.05, 0) is 54.0 Å². The van der Waals surface area contributed by atoms with Crippen molar-refractivity contribution in [1.29, 1.82) is 0 Å². The Balaban J connectivity index is 2.33. The van der Waals surface area contributed by atoms with E-state index in [0.29, 0.717) is 5.92 Å². The Kier molecular flexibility index (Phi) is 3.86. The van der Waals surface area contributed by atoms with Gasteiger partial charge in [0.05, 0.1) is 0 Å². The Hall–Kier alpha value is -1.56. The second-order valence-electron chi connectivity index (χ2n) is 5.38. The van der Waals surface area contributed by atoms with Gasteiger partial charge in [0.25, 0.3) is 0 Å². The van der Waals surface area contributed by atoms with E-state index in [2.05, 4.69) is 70.2 Å². The summed E-state index contributed by atoms with van der Waals surface area (Å²) in [6.45, 7) is 9.02. The predicted molar refractivity (Wildman–Crippen MR) is 79.3 cm³/mol. The highest BCUT2D eigenvalue weighted by Crippen LogP contribution is 2.25. The molecule has 0 unspecified atom stereocenters. The van der Waals surface area contributed by atoms with Crippen LogP contribution in [0.5, 0.6) is 0 Å². The average molecular weight is 238 g/mol. The van der Waals surface area contributed by atoms with Crippen LogP contribution < -0.4 is 0 Å². The summed E-state index contributed by atoms with van der Waals surface area (Å²) in [7, 11) is 0. The summed E-state index contributed by atoms with van der Waals surface area (Å²) in [6, 6.07) is 15.3. The van der Waals surface area contributed by atoms with Crippen molar-refractivity contribution in [3.63, 3.8) is 0 Å². The molecule has 0 aliphatic heterocycles. The van der Waals surface area contributed by atoms with E-state index in [4.69, 9.17) is 0 Å². The molecular formula is C18H22. The molecule has 0 aliphatic rings. The van der Waals surface area contributed by atoms with Gasteiger partial charge in [0.1, 0.15) is 0 Å². The van der Waals surface area contributed by atoms with E-state index in [1.54, 1.807) is 0 Å². The molecular weight excluding hydrogens is 216 g/mol. The van der Waals surface area contributed by atoms with Crippen LogP contribution in [-0.2, 0) is 6.42 Å². The van der Waals surface area contributed by atoms with Crippen LogP contribution in [0.3, 0.4) is 0 Å². The summed E-state index contributed by atoms with van der Waals surface area (Å²) in [4.78, 5) is 0. The number of hydrogen-bond donors (Lipinski definition) is 0. The minimum absolute atomic E-state index is 0.606. The summed E-state index contributed by atoms with van der Waals surface area (Å²) in [5, 5.41) is 0. The fourth-order valence-corrected chi connectivity index (χ4v) is 2.53. The molecule has 0 radical (unpaired) electrons. The summed E-state index contributed by atoms with van der Waals surface area (Å²) in [6.07, 6.45) is 1.03. The van der Waals surface area contributed by atoms with Gasteiger partial charge in [-0.15, -0.1) is 0 Å². The van der Waals surface area contributed by atoms with Crippen molar-refractivity contribution >= 4 is 0 Å². The number of hydrogen-bond acceptors (Lipinski definition) is 0. The van der Waals surface area contributed by atoms with Crippen LogP contribution in [0.1, 0.15) is 47.6 Å². The highest BCUT2D eigenvalue weighted by molar-refractivity contribution is 5.42. The third kappa shape index (κ3) is 2.64. The fraction of sp³-hybridized carbons (Fsp3) is 0.333. The van der Waals surface area contributed by atoms with Gasteiger partial charge in [0.15, 0.2) is 0 Å². The zero-order valence-corrected chi connectivity index (χ0v) is 11.8. The van der Waals surface area contributed by atoms with E-state index in [0.717, 1.165) is 6.42 Å². The average Bonchev–Trinajstić information content (AvgIpc) is 2.36. The molecule has 0 aliphatic carbocycles. The summed E-state index contributed by atoms with van der Waals surface area (Å²) in [5.74, 6) is 0.606. The van der Waals surface area contributed by atoms with Crippen LogP contribution in [0.4, 0.5) is 0 Å². The van der Waals surface area contributed by atoms with E-state index < -0.39 is 0 Å². The van der Waals surface area contributed by atoms with Crippen molar-refractivity contribution in [2.75, 3.05) is 0 Å². The van der Waals surface area contributed by atoms with E-state index in [-0.39, 0.29) is 0 Å². The molecule has 0 heteroatoms. The quantitative estimate of drug-likeness (QED) is 0.704. The molecule has 2 rings (SSSR count). The van der Waals surface area contributed by atoms with Gasteiger partial charge in [0.2, 0.25) is 0 Å². The Labute approximate surface area is 111 Å². The monoisotopic (exact) mass is 238 g/mol. The third-order valence-electron chi connectivity index (χ3n) is 3.80. The minimum Gasteiger partial charge on any atom is -0.0622 e. The first-order valence-corrected chi connectivity index (χ1v) is 6.72. The molecule has 0 N–H and O–H groups in total. The van der Waals surface area contributed by atoms with E-state index in [1.807, 2.05) is 0 Å². The molecule has 94 valence electrons. The van der Waals surface area contributed by atoms with Crippen molar-refractivity contribution in [2.45, 2.75) is 40.0 Å². The molecule has 0 heterocycles. The first-order valence-electron chi connectivity index (χ1n) is 6.72. The topological polar surface area (TPSA) is 0 Å². The van der Waals surface area contributed by atoms with Gasteiger partial charge in [-0.1, -0.05) is 56.3 Å². The van der Waals surface area contributed by atoms with Gasteiger partial charge < -0.3 is 0 Å². The standard InChI is InChI=1S/C18H22/c1-13(2)18-11-10-17(14(3)15(18)4)12-16-8-6-5-7-9-16/h5-11,13H,12H2,1-4H3. The van der Waals surface area contributed by atoms with E-state index >= 15 is 0 Å². The van der Waals surface area contributed by atoms with Crippen molar-refractivity contribution in [3.05, 3.63) is 70.3 Å². The van der Waals surface area contributed by atoms with Crippen molar-refractivity contribution in [1.82, 2.24) is 0 Å². The van der Waals surface area contributed by atoms with Gasteiger partial charge in [-0.3, -0.25) is 0 Å². The molecule has 0 spiro atoms. The molecule has 2 aromatic rings. The van der Waals surface area contributed by atoms with Crippen molar-refractivity contribution in [3.8, 4) is 0 Å². The van der Waals surface area contributed by atoms with Crippen LogP contribution >= 0.6 is 0 Å². The second-order valence-corrected chi connectivity index (χ2v) is 5.38. The first kappa shape index (κ1) is 12.9. The molecule has 0 atom stereocenters. The van der Waals surface area contributed by atoms with Gasteiger partial charge >= 0.3 is 0 Å². The number of benzene rings is 2. The smallest absolute Gasteiger partial charge is 0.00230 e. The summed E-state index contributed by atoms with van der Waals surface area (Å²) >= 11 is 0. The Morgan fingerprint density at radius 3 is 2.11 bits per heavy atom. The molecule has 0 saturated carbocycles. The largest absolute Gasteiger partial charge is 0.0622 e. The first-order chi connectivity index (χ1) is 8.59. The Morgan fingerprint density at radius 2 is 1.50 bits per heavy atom. The minimum atomic E-state index is 0.606.